The number of hydrogen-bond donors (Lipinski definition) is 2. The molecule has 1 aromatic carbocycles. The minimum atomic E-state index is 0.150. The fourth-order valence-electron chi connectivity index (χ4n) is 1.59. The number of fused-ring (bicyclic) bond motifs is 1. The van der Waals surface area contributed by atoms with Crippen molar-refractivity contribution in [2.24, 2.45) is 0 Å². The Kier molecular flexibility index (Phi) is 2.41. The van der Waals surface area contributed by atoms with Crippen LogP contribution in [0.1, 0.15) is 23.7 Å². The summed E-state index contributed by atoms with van der Waals surface area (Å²) in [4.78, 5) is 11.5. The molecule has 1 heterocycles. The number of carbonyl (C=O) groups is 1. The number of anilines is 1. The summed E-state index contributed by atoms with van der Waals surface area (Å²) in [6.07, 6.45) is 0.526. The first-order chi connectivity index (χ1) is 7.26. The molecule has 0 unspecified atom stereocenters. The van der Waals surface area contributed by atoms with E-state index in [4.69, 9.17) is 0 Å². The molecule has 0 fully saturated rings. The number of benzene rings is 1. The number of carbonyl (C=O) groups excluding carboxylic acids is 1. The fourth-order valence-corrected chi connectivity index (χ4v) is 1.59. The van der Waals surface area contributed by atoms with Crippen molar-refractivity contribution in [3.63, 3.8) is 0 Å². The van der Waals surface area contributed by atoms with Gasteiger partial charge in [0, 0.05) is 24.4 Å². The number of aromatic nitrogens is 2. The van der Waals surface area contributed by atoms with E-state index in [0.29, 0.717) is 6.42 Å². The van der Waals surface area contributed by atoms with Gasteiger partial charge < -0.3 is 5.32 Å². The van der Waals surface area contributed by atoms with Crippen LogP contribution in [0.3, 0.4) is 0 Å². The van der Waals surface area contributed by atoms with Gasteiger partial charge in [-0.2, -0.15) is 5.10 Å². The molecule has 0 bridgehead atoms. The van der Waals surface area contributed by atoms with Gasteiger partial charge in [0.2, 0.25) is 0 Å². The van der Waals surface area contributed by atoms with E-state index < -0.39 is 0 Å². The van der Waals surface area contributed by atoms with Crippen molar-refractivity contribution in [2.75, 3.05) is 12.4 Å². The average Bonchev–Trinajstić information content (AvgIpc) is 2.69. The first-order valence-electron chi connectivity index (χ1n) is 4.95. The molecule has 0 radical (unpaired) electrons. The zero-order chi connectivity index (χ0) is 10.8. The van der Waals surface area contributed by atoms with Crippen molar-refractivity contribution >= 4 is 22.5 Å². The number of nitrogens with one attached hydrogen (secondary N) is 2. The van der Waals surface area contributed by atoms with E-state index in [1.165, 1.54) is 0 Å². The van der Waals surface area contributed by atoms with Gasteiger partial charge in [-0.3, -0.25) is 9.89 Å². The van der Waals surface area contributed by atoms with Crippen LogP contribution in [-0.4, -0.2) is 23.0 Å². The molecule has 2 aromatic rings. The van der Waals surface area contributed by atoms with E-state index in [1.807, 2.05) is 32.2 Å². The summed E-state index contributed by atoms with van der Waals surface area (Å²) in [5.74, 6) is 0.956. The maximum atomic E-state index is 11.5. The quantitative estimate of drug-likeness (QED) is 0.752. The molecule has 1 aromatic heterocycles. The van der Waals surface area contributed by atoms with Gasteiger partial charge >= 0.3 is 0 Å². The van der Waals surface area contributed by atoms with Gasteiger partial charge in [-0.15, -0.1) is 0 Å². The Hall–Kier alpha value is -1.84. The van der Waals surface area contributed by atoms with Crippen LogP contribution in [0.2, 0.25) is 0 Å². The molecule has 0 aliphatic heterocycles. The monoisotopic (exact) mass is 203 g/mol. The average molecular weight is 203 g/mol. The van der Waals surface area contributed by atoms with Crippen LogP contribution in [0.25, 0.3) is 10.9 Å². The Balaban J connectivity index is 2.53. The number of rotatable bonds is 3. The number of aromatic amines is 1. The summed E-state index contributed by atoms with van der Waals surface area (Å²) < 4.78 is 0. The number of hydrogen-bond acceptors (Lipinski definition) is 3. The lowest BCUT2D eigenvalue weighted by atomic mass is 10.1. The molecule has 78 valence electrons. The van der Waals surface area contributed by atoms with Gasteiger partial charge in [-0.25, -0.2) is 0 Å². The van der Waals surface area contributed by atoms with Gasteiger partial charge in [0.25, 0.3) is 0 Å². The fraction of sp³-hybridized carbons (Fsp3) is 0.273. The maximum absolute atomic E-state index is 11.5. The Morgan fingerprint density at radius 1 is 1.53 bits per heavy atom. The first kappa shape index (κ1) is 9.71. The molecule has 0 atom stereocenters. The smallest absolute Gasteiger partial charge is 0.162 e. The van der Waals surface area contributed by atoms with E-state index in [1.54, 1.807) is 0 Å². The lowest BCUT2D eigenvalue weighted by molar-refractivity contribution is 0.0988. The van der Waals surface area contributed by atoms with Crippen molar-refractivity contribution < 1.29 is 4.79 Å². The zero-order valence-corrected chi connectivity index (χ0v) is 8.79. The van der Waals surface area contributed by atoms with Crippen LogP contribution >= 0.6 is 0 Å². The van der Waals surface area contributed by atoms with Crippen molar-refractivity contribution in [1.82, 2.24) is 10.2 Å². The highest BCUT2D eigenvalue weighted by Gasteiger charge is 2.07. The number of H-pyrrole nitrogens is 1. The van der Waals surface area contributed by atoms with Gasteiger partial charge in [-0.05, 0) is 12.1 Å². The van der Waals surface area contributed by atoms with Crippen LogP contribution in [-0.2, 0) is 0 Å². The molecular formula is C11H13N3O. The zero-order valence-electron chi connectivity index (χ0n) is 8.79. The molecule has 2 N–H and O–H groups in total. The van der Waals surface area contributed by atoms with Crippen LogP contribution in [0.5, 0.6) is 0 Å². The van der Waals surface area contributed by atoms with Crippen LogP contribution < -0.4 is 5.32 Å². The molecule has 0 saturated carbocycles. The third kappa shape index (κ3) is 1.58. The third-order valence-electron chi connectivity index (χ3n) is 2.44. The minimum absolute atomic E-state index is 0.150. The second-order valence-electron chi connectivity index (χ2n) is 3.36. The molecule has 0 aliphatic rings. The highest BCUT2D eigenvalue weighted by molar-refractivity contribution is 6.00. The molecule has 0 amide bonds. The molecule has 0 spiro atoms. The van der Waals surface area contributed by atoms with Gasteiger partial charge in [0.15, 0.2) is 11.6 Å². The molecule has 0 aliphatic carbocycles. The van der Waals surface area contributed by atoms with E-state index >= 15 is 0 Å². The van der Waals surface area contributed by atoms with E-state index in [2.05, 4.69) is 15.5 Å². The van der Waals surface area contributed by atoms with E-state index in [-0.39, 0.29) is 5.78 Å². The lowest BCUT2D eigenvalue weighted by Gasteiger charge is -1.98. The van der Waals surface area contributed by atoms with Gasteiger partial charge in [0.05, 0.1) is 5.52 Å². The molecule has 2 rings (SSSR count). The standard InChI is InChI=1S/C11H13N3O/c1-3-10(15)7-4-5-8-9(6-7)13-14-11(8)12-2/h4-6H,3H2,1-2H3,(H2,12,13,14). The highest BCUT2D eigenvalue weighted by atomic mass is 16.1. The highest BCUT2D eigenvalue weighted by Crippen LogP contribution is 2.21. The second-order valence-corrected chi connectivity index (χ2v) is 3.36. The summed E-state index contributed by atoms with van der Waals surface area (Å²) in [7, 11) is 1.82. The molecular weight excluding hydrogens is 190 g/mol. The molecule has 15 heavy (non-hydrogen) atoms. The van der Waals surface area contributed by atoms with Crippen molar-refractivity contribution in [3.8, 4) is 0 Å². The maximum Gasteiger partial charge on any atom is 0.162 e. The van der Waals surface area contributed by atoms with Gasteiger partial charge in [-0.1, -0.05) is 13.0 Å². The predicted octanol–water partition coefficient (Wildman–Crippen LogP) is 2.20. The van der Waals surface area contributed by atoms with E-state index in [9.17, 15) is 4.79 Å². The van der Waals surface area contributed by atoms with Gasteiger partial charge in [0.1, 0.15) is 0 Å². The SMILES string of the molecule is CCC(=O)c1ccc2c(NC)n[nH]c2c1. The Morgan fingerprint density at radius 3 is 3.00 bits per heavy atom. The van der Waals surface area contributed by atoms with Crippen LogP contribution in [0, 0.1) is 0 Å². The van der Waals surface area contributed by atoms with E-state index in [0.717, 1.165) is 22.3 Å². The second kappa shape index (κ2) is 3.73. The first-order valence-corrected chi connectivity index (χ1v) is 4.95. The summed E-state index contributed by atoms with van der Waals surface area (Å²) in [6.45, 7) is 1.86. The Morgan fingerprint density at radius 2 is 2.33 bits per heavy atom. The number of ketones is 1. The predicted molar refractivity (Wildman–Crippen MR) is 60.3 cm³/mol. The Labute approximate surface area is 87.7 Å². The molecule has 0 saturated heterocycles. The van der Waals surface area contributed by atoms with Crippen LogP contribution in [0.15, 0.2) is 18.2 Å². The summed E-state index contributed by atoms with van der Waals surface area (Å²) in [6, 6.07) is 5.59. The Bertz CT molecular complexity index is 502. The molecule has 4 nitrogen and oxygen atoms in total. The summed E-state index contributed by atoms with van der Waals surface area (Å²) >= 11 is 0. The van der Waals surface area contributed by atoms with Crippen molar-refractivity contribution in [2.45, 2.75) is 13.3 Å². The number of Topliss-reactive ketones (excluding diaryl/α,β-unsaturated/α-hetero) is 1. The number of nitrogens with zero attached hydrogens (tertiary/aromatic N) is 1. The summed E-state index contributed by atoms with van der Waals surface area (Å²) in [5.41, 5.74) is 1.62. The van der Waals surface area contributed by atoms with Crippen LogP contribution in [0.4, 0.5) is 5.82 Å². The molecule has 4 heteroatoms. The third-order valence-corrected chi connectivity index (χ3v) is 2.44. The summed E-state index contributed by atoms with van der Waals surface area (Å²) in [5, 5.41) is 11.0. The normalized spacial score (nSPS) is 10.5. The van der Waals surface area contributed by atoms with Crippen molar-refractivity contribution in [1.29, 1.82) is 0 Å². The lowest BCUT2D eigenvalue weighted by Crippen LogP contribution is -1.95. The topological polar surface area (TPSA) is 57.8 Å². The minimum Gasteiger partial charge on any atom is -0.371 e. The largest absolute Gasteiger partial charge is 0.371 e. The van der Waals surface area contributed by atoms with Crippen molar-refractivity contribution in [3.05, 3.63) is 23.8 Å².